The second kappa shape index (κ2) is 6.78. The van der Waals surface area contributed by atoms with Crippen LogP contribution in [-0.4, -0.2) is 50.2 Å². The summed E-state index contributed by atoms with van der Waals surface area (Å²) in [6, 6.07) is 7.81. The zero-order valence-corrected chi connectivity index (χ0v) is 11.9. The third kappa shape index (κ3) is 3.61. The molecule has 19 heavy (non-hydrogen) atoms. The third-order valence-corrected chi connectivity index (χ3v) is 3.57. The predicted molar refractivity (Wildman–Crippen MR) is 76.7 cm³/mol. The van der Waals surface area contributed by atoms with Gasteiger partial charge < -0.3 is 14.5 Å². The van der Waals surface area contributed by atoms with Gasteiger partial charge in [-0.15, -0.1) is 0 Å². The molecular weight excluding hydrogens is 264 g/mol. The summed E-state index contributed by atoms with van der Waals surface area (Å²) >= 11 is 6.18. The molecule has 1 heterocycles. The fourth-order valence-electron chi connectivity index (χ4n) is 2.19. The molecule has 1 aliphatic rings. The van der Waals surface area contributed by atoms with Crippen molar-refractivity contribution in [2.75, 3.05) is 44.3 Å². The van der Waals surface area contributed by atoms with E-state index in [1.54, 1.807) is 0 Å². The number of carbonyl (C=O) groups excluding carboxylic acids is 1. The van der Waals surface area contributed by atoms with Crippen LogP contribution in [0.1, 0.15) is 6.92 Å². The molecule has 0 bridgehead atoms. The SMILES string of the molecule is CCOCC(=O)N1CCN(c2ccccc2Cl)CC1. The zero-order valence-electron chi connectivity index (χ0n) is 11.1. The van der Waals surface area contributed by atoms with Gasteiger partial charge in [0, 0.05) is 32.8 Å². The number of hydrogen-bond donors (Lipinski definition) is 0. The number of halogens is 1. The Hall–Kier alpha value is -1.26. The van der Waals surface area contributed by atoms with Crippen LogP contribution < -0.4 is 4.90 Å². The lowest BCUT2D eigenvalue weighted by Gasteiger charge is -2.36. The smallest absolute Gasteiger partial charge is 0.248 e. The van der Waals surface area contributed by atoms with Gasteiger partial charge in [-0.05, 0) is 19.1 Å². The Balaban J connectivity index is 1.89. The van der Waals surface area contributed by atoms with Gasteiger partial charge in [0.1, 0.15) is 6.61 Å². The number of para-hydroxylation sites is 1. The standard InChI is InChI=1S/C14H19ClN2O2/c1-2-19-11-14(18)17-9-7-16(8-10-17)13-6-4-3-5-12(13)15/h3-6H,2,7-11H2,1H3. The maximum atomic E-state index is 11.8. The normalized spacial score (nSPS) is 15.7. The fraction of sp³-hybridized carbons (Fsp3) is 0.500. The highest BCUT2D eigenvalue weighted by Gasteiger charge is 2.21. The second-order valence-electron chi connectivity index (χ2n) is 4.46. The van der Waals surface area contributed by atoms with Crippen LogP contribution in [0.3, 0.4) is 0 Å². The first kappa shape index (κ1) is 14.2. The molecule has 1 saturated heterocycles. The fourth-order valence-corrected chi connectivity index (χ4v) is 2.44. The van der Waals surface area contributed by atoms with E-state index in [0.29, 0.717) is 6.61 Å². The molecule has 0 aromatic heterocycles. The number of amides is 1. The average Bonchev–Trinajstić information content (AvgIpc) is 2.45. The quantitative estimate of drug-likeness (QED) is 0.847. The van der Waals surface area contributed by atoms with E-state index in [9.17, 15) is 4.79 Å². The van der Waals surface area contributed by atoms with E-state index in [1.165, 1.54) is 0 Å². The van der Waals surface area contributed by atoms with E-state index < -0.39 is 0 Å². The molecule has 1 fully saturated rings. The first-order valence-corrected chi connectivity index (χ1v) is 6.95. The van der Waals surface area contributed by atoms with Crippen molar-refractivity contribution in [2.24, 2.45) is 0 Å². The van der Waals surface area contributed by atoms with E-state index in [-0.39, 0.29) is 12.5 Å². The second-order valence-corrected chi connectivity index (χ2v) is 4.86. The summed E-state index contributed by atoms with van der Waals surface area (Å²) in [5, 5.41) is 0.761. The Bertz CT molecular complexity index is 431. The maximum Gasteiger partial charge on any atom is 0.248 e. The van der Waals surface area contributed by atoms with E-state index in [2.05, 4.69) is 4.90 Å². The molecule has 1 aromatic rings. The minimum Gasteiger partial charge on any atom is -0.372 e. The molecule has 0 radical (unpaired) electrons. The van der Waals surface area contributed by atoms with Crippen LogP contribution in [0.4, 0.5) is 5.69 Å². The van der Waals surface area contributed by atoms with Crippen LogP contribution in [0.2, 0.25) is 5.02 Å². The van der Waals surface area contributed by atoms with Gasteiger partial charge in [0.05, 0.1) is 10.7 Å². The number of nitrogens with zero attached hydrogens (tertiary/aromatic N) is 2. The lowest BCUT2D eigenvalue weighted by molar-refractivity contribution is -0.136. The summed E-state index contributed by atoms with van der Waals surface area (Å²) in [5.41, 5.74) is 1.04. The molecule has 4 nitrogen and oxygen atoms in total. The summed E-state index contributed by atoms with van der Waals surface area (Å²) in [7, 11) is 0. The van der Waals surface area contributed by atoms with Crippen LogP contribution in [0.5, 0.6) is 0 Å². The molecular formula is C14H19ClN2O2. The summed E-state index contributed by atoms with van der Waals surface area (Å²) in [6.45, 7) is 5.70. The third-order valence-electron chi connectivity index (χ3n) is 3.26. The molecule has 5 heteroatoms. The molecule has 104 valence electrons. The Morgan fingerprint density at radius 2 is 1.95 bits per heavy atom. The molecule has 0 N–H and O–H groups in total. The molecule has 1 aliphatic heterocycles. The Morgan fingerprint density at radius 3 is 2.58 bits per heavy atom. The number of hydrogen-bond acceptors (Lipinski definition) is 3. The highest BCUT2D eigenvalue weighted by atomic mass is 35.5. The van der Waals surface area contributed by atoms with Crippen molar-refractivity contribution in [1.29, 1.82) is 0 Å². The molecule has 1 aromatic carbocycles. The Labute approximate surface area is 118 Å². The summed E-state index contributed by atoms with van der Waals surface area (Å²) in [5.74, 6) is 0.0701. The van der Waals surface area contributed by atoms with Crippen molar-refractivity contribution >= 4 is 23.2 Å². The van der Waals surface area contributed by atoms with Gasteiger partial charge in [0.2, 0.25) is 5.91 Å². The lowest BCUT2D eigenvalue weighted by Crippen LogP contribution is -2.49. The van der Waals surface area contributed by atoms with Gasteiger partial charge in [-0.1, -0.05) is 23.7 Å². The van der Waals surface area contributed by atoms with Crippen molar-refractivity contribution < 1.29 is 9.53 Å². The Morgan fingerprint density at radius 1 is 1.26 bits per heavy atom. The largest absolute Gasteiger partial charge is 0.372 e. The first-order chi connectivity index (χ1) is 9.22. The minimum absolute atomic E-state index is 0.0701. The van der Waals surface area contributed by atoms with Crippen molar-refractivity contribution in [3.05, 3.63) is 29.3 Å². The number of benzene rings is 1. The number of piperazine rings is 1. The van der Waals surface area contributed by atoms with E-state index >= 15 is 0 Å². The van der Waals surface area contributed by atoms with Crippen molar-refractivity contribution in [3.63, 3.8) is 0 Å². The molecule has 0 unspecified atom stereocenters. The van der Waals surface area contributed by atoms with Gasteiger partial charge in [-0.2, -0.15) is 0 Å². The zero-order chi connectivity index (χ0) is 13.7. The Kier molecular flexibility index (Phi) is 5.05. The molecule has 1 amide bonds. The van der Waals surface area contributed by atoms with Crippen molar-refractivity contribution in [1.82, 2.24) is 4.90 Å². The summed E-state index contributed by atoms with van der Waals surface area (Å²) in [4.78, 5) is 15.9. The van der Waals surface area contributed by atoms with Gasteiger partial charge in [-0.25, -0.2) is 0 Å². The summed E-state index contributed by atoms with van der Waals surface area (Å²) in [6.07, 6.45) is 0. The predicted octanol–water partition coefficient (Wildman–Crippen LogP) is 2.03. The number of ether oxygens (including phenoxy) is 1. The van der Waals surface area contributed by atoms with Crippen LogP contribution >= 0.6 is 11.6 Å². The van der Waals surface area contributed by atoms with Gasteiger partial charge in [0.25, 0.3) is 0 Å². The molecule has 0 atom stereocenters. The molecule has 0 saturated carbocycles. The van der Waals surface area contributed by atoms with Crippen molar-refractivity contribution in [2.45, 2.75) is 6.92 Å². The van der Waals surface area contributed by atoms with E-state index in [1.807, 2.05) is 36.1 Å². The van der Waals surface area contributed by atoms with Gasteiger partial charge in [-0.3, -0.25) is 4.79 Å². The van der Waals surface area contributed by atoms with Crippen LogP contribution in [0.25, 0.3) is 0 Å². The van der Waals surface area contributed by atoms with Gasteiger partial charge in [0.15, 0.2) is 0 Å². The van der Waals surface area contributed by atoms with Crippen molar-refractivity contribution in [3.8, 4) is 0 Å². The van der Waals surface area contributed by atoms with Crippen LogP contribution in [-0.2, 0) is 9.53 Å². The van der Waals surface area contributed by atoms with Crippen LogP contribution in [0.15, 0.2) is 24.3 Å². The van der Waals surface area contributed by atoms with Crippen LogP contribution in [0, 0.1) is 0 Å². The monoisotopic (exact) mass is 282 g/mol. The number of anilines is 1. The minimum atomic E-state index is 0.0701. The highest BCUT2D eigenvalue weighted by Crippen LogP contribution is 2.25. The highest BCUT2D eigenvalue weighted by molar-refractivity contribution is 6.33. The number of carbonyl (C=O) groups is 1. The lowest BCUT2D eigenvalue weighted by atomic mass is 10.2. The van der Waals surface area contributed by atoms with E-state index in [0.717, 1.165) is 36.9 Å². The van der Waals surface area contributed by atoms with E-state index in [4.69, 9.17) is 16.3 Å². The number of rotatable bonds is 4. The average molecular weight is 283 g/mol. The molecule has 2 rings (SSSR count). The summed E-state index contributed by atoms with van der Waals surface area (Å²) < 4.78 is 5.15. The maximum absolute atomic E-state index is 11.8. The van der Waals surface area contributed by atoms with Gasteiger partial charge >= 0.3 is 0 Å². The first-order valence-electron chi connectivity index (χ1n) is 6.57. The molecule has 0 spiro atoms. The molecule has 0 aliphatic carbocycles. The topological polar surface area (TPSA) is 32.8 Å².